The maximum atomic E-state index is 13.4. The molecular formula is C30H37NO3. The summed E-state index contributed by atoms with van der Waals surface area (Å²) in [5.74, 6) is 0.857. The van der Waals surface area contributed by atoms with Crippen molar-refractivity contribution < 1.29 is 14.3 Å². The number of benzene rings is 2. The van der Waals surface area contributed by atoms with E-state index in [9.17, 15) is 9.59 Å². The molecular weight excluding hydrogens is 422 g/mol. The Hall–Kier alpha value is -3.14. The summed E-state index contributed by atoms with van der Waals surface area (Å²) in [5, 5.41) is 0. The van der Waals surface area contributed by atoms with Gasteiger partial charge in [0.15, 0.2) is 5.78 Å². The molecule has 0 unspecified atom stereocenters. The predicted octanol–water partition coefficient (Wildman–Crippen LogP) is 7.22. The van der Waals surface area contributed by atoms with Gasteiger partial charge in [-0.25, -0.2) is 4.79 Å². The highest BCUT2D eigenvalue weighted by Crippen LogP contribution is 2.25. The minimum atomic E-state index is -0.606. The minimum Gasteiger partial charge on any atom is -0.444 e. The van der Waals surface area contributed by atoms with Crippen LogP contribution in [0.15, 0.2) is 59.7 Å². The summed E-state index contributed by atoms with van der Waals surface area (Å²) in [7, 11) is 0. The Balaban J connectivity index is 1.96. The Morgan fingerprint density at radius 1 is 0.794 bits per heavy atom. The first-order valence-corrected chi connectivity index (χ1v) is 12.1. The first-order chi connectivity index (χ1) is 15.9. The van der Waals surface area contributed by atoms with E-state index in [2.05, 4.69) is 52.0 Å². The third-order valence-corrected chi connectivity index (χ3v) is 5.85. The van der Waals surface area contributed by atoms with Crippen molar-refractivity contribution in [2.45, 2.75) is 65.9 Å². The molecule has 0 aromatic heterocycles. The Bertz CT molecular complexity index is 1010. The fourth-order valence-corrected chi connectivity index (χ4v) is 3.85. The smallest absolute Gasteiger partial charge is 0.410 e. The normalized spacial score (nSPS) is 17.2. The summed E-state index contributed by atoms with van der Waals surface area (Å²) in [5.41, 5.74) is 4.94. The van der Waals surface area contributed by atoms with Gasteiger partial charge in [0.2, 0.25) is 0 Å². The number of nitrogens with zero attached hydrogens (tertiary/aromatic N) is 1. The second-order valence-corrected chi connectivity index (χ2v) is 10.6. The molecule has 1 amide bonds. The molecule has 0 radical (unpaired) electrons. The molecule has 2 aromatic carbocycles. The number of hydrogen-bond donors (Lipinski definition) is 0. The first-order valence-electron chi connectivity index (χ1n) is 12.1. The lowest BCUT2D eigenvalue weighted by atomic mass is 9.93. The first kappa shape index (κ1) is 25.5. The van der Waals surface area contributed by atoms with Crippen molar-refractivity contribution in [1.82, 2.24) is 4.90 Å². The maximum absolute atomic E-state index is 13.4. The Labute approximate surface area is 204 Å². The van der Waals surface area contributed by atoms with E-state index < -0.39 is 11.7 Å². The second kappa shape index (κ2) is 10.4. The highest BCUT2D eigenvalue weighted by molar-refractivity contribution is 6.15. The van der Waals surface area contributed by atoms with Crippen molar-refractivity contribution in [3.05, 3.63) is 81.9 Å². The minimum absolute atomic E-state index is 0.0271. The molecule has 1 heterocycles. The van der Waals surface area contributed by atoms with Crippen LogP contribution in [0.2, 0.25) is 0 Å². The fraction of sp³-hybridized carbons (Fsp3) is 0.400. The van der Waals surface area contributed by atoms with Crippen molar-refractivity contribution in [2.75, 3.05) is 13.1 Å². The number of ketones is 1. The standard InChI is InChI=1S/C30H37NO3/c1-20(2)24-12-8-22(9-13-24)16-26-18-31(29(33)34-30(5,6)7)19-27(28(26)32)17-23-10-14-25(15-11-23)21(3)4/h8-17,20-21H,18-19H2,1-7H3/b26-16+,27-17+. The molecule has 0 aliphatic carbocycles. The van der Waals surface area contributed by atoms with E-state index in [0.717, 1.165) is 11.1 Å². The van der Waals surface area contributed by atoms with Crippen LogP contribution < -0.4 is 0 Å². The third-order valence-electron chi connectivity index (χ3n) is 5.85. The van der Waals surface area contributed by atoms with E-state index in [-0.39, 0.29) is 18.9 Å². The van der Waals surface area contributed by atoms with Gasteiger partial charge in [-0.3, -0.25) is 9.69 Å². The van der Waals surface area contributed by atoms with Gasteiger partial charge in [0, 0.05) is 11.1 Å². The van der Waals surface area contributed by atoms with E-state index in [1.807, 2.05) is 57.2 Å². The average molecular weight is 460 g/mol. The van der Waals surface area contributed by atoms with Gasteiger partial charge < -0.3 is 4.74 Å². The van der Waals surface area contributed by atoms with Crippen LogP contribution in [0, 0.1) is 0 Å². The van der Waals surface area contributed by atoms with Crippen molar-refractivity contribution >= 4 is 24.0 Å². The number of Topliss-reactive ketones (excluding diaryl/α,β-unsaturated/α-hetero) is 1. The molecule has 0 saturated carbocycles. The number of amides is 1. The van der Waals surface area contributed by atoms with Crippen molar-refractivity contribution in [2.24, 2.45) is 0 Å². The SMILES string of the molecule is CC(C)c1ccc(/C=C2\CN(C(=O)OC(C)(C)C)C/C(=C\c3ccc(C(C)C)cc3)C2=O)cc1. The molecule has 0 N–H and O–H groups in total. The lowest BCUT2D eigenvalue weighted by Gasteiger charge is -2.32. The molecule has 34 heavy (non-hydrogen) atoms. The highest BCUT2D eigenvalue weighted by Gasteiger charge is 2.31. The van der Waals surface area contributed by atoms with Crippen molar-refractivity contribution in [3.8, 4) is 0 Å². The molecule has 180 valence electrons. The van der Waals surface area contributed by atoms with Gasteiger partial charge in [0.05, 0.1) is 13.1 Å². The van der Waals surface area contributed by atoms with Gasteiger partial charge in [-0.15, -0.1) is 0 Å². The Morgan fingerprint density at radius 2 is 1.18 bits per heavy atom. The zero-order valence-corrected chi connectivity index (χ0v) is 21.5. The van der Waals surface area contributed by atoms with Crippen LogP contribution in [-0.4, -0.2) is 35.5 Å². The average Bonchev–Trinajstić information content (AvgIpc) is 2.76. The van der Waals surface area contributed by atoms with Crippen molar-refractivity contribution in [1.29, 1.82) is 0 Å². The molecule has 3 rings (SSSR count). The van der Waals surface area contributed by atoms with Crippen LogP contribution in [-0.2, 0) is 9.53 Å². The summed E-state index contributed by atoms with van der Waals surface area (Å²) < 4.78 is 5.61. The largest absolute Gasteiger partial charge is 0.444 e. The Morgan fingerprint density at radius 3 is 1.50 bits per heavy atom. The van der Waals surface area contributed by atoms with Crippen LogP contribution in [0.5, 0.6) is 0 Å². The van der Waals surface area contributed by atoms with Crippen LogP contribution in [0.1, 0.15) is 82.6 Å². The van der Waals surface area contributed by atoms with Gasteiger partial charge in [0.1, 0.15) is 5.60 Å². The van der Waals surface area contributed by atoms with Crippen molar-refractivity contribution in [3.63, 3.8) is 0 Å². The van der Waals surface area contributed by atoms with Crippen LogP contribution in [0.3, 0.4) is 0 Å². The van der Waals surface area contributed by atoms with Crippen LogP contribution in [0.4, 0.5) is 4.79 Å². The van der Waals surface area contributed by atoms with Gasteiger partial charge in [-0.1, -0.05) is 76.2 Å². The number of piperidine rings is 1. The molecule has 1 aliphatic heterocycles. The summed E-state index contributed by atoms with van der Waals surface area (Å²) in [6, 6.07) is 16.4. The summed E-state index contributed by atoms with van der Waals surface area (Å²) in [6.07, 6.45) is 3.36. The number of likely N-dealkylation sites (tertiary alicyclic amines) is 1. The fourth-order valence-electron chi connectivity index (χ4n) is 3.85. The zero-order valence-electron chi connectivity index (χ0n) is 21.5. The highest BCUT2D eigenvalue weighted by atomic mass is 16.6. The van der Waals surface area contributed by atoms with E-state index >= 15 is 0 Å². The lowest BCUT2D eigenvalue weighted by molar-refractivity contribution is -0.113. The van der Waals surface area contributed by atoms with Gasteiger partial charge >= 0.3 is 6.09 Å². The topological polar surface area (TPSA) is 46.6 Å². The predicted molar refractivity (Wildman–Crippen MR) is 140 cm³/mol. The van der Waals surface area contributed by atoms with E-state index in [1.165, 1.54) is 11.1 Å². The van der Waals surface area contributed by atoms with E-state index in [4.69, 9.17) is 4.74 Å². The molecule has 1 saturated heterocycles. The summed E-state index contributed by atoms with van der Waals surface area (Å²) in [6.45, 7) is 14.6. The Kier molecular flexibility index (Phi) is 7.81. The number of carbonyl (C=O) groups is 2. The van der Waals surface area contributed by atoms with Crippen LogP contribution in [0.25, 0.3) is 12.2 Å². The maximum Gasteiger partial charge on any atom is 0.410 e. The molecule has 2 aromatic rings. The number of carbonyl (C=O) groups excluding carboxylic acids is 2. The quantitative estimate of drug-likeness (QED) is 0.453. The molecule has 1 aliphatic rings. The van der Waals surface area contributed by atoms with E-state index in [0.29, 0.717) is 23.0 Å². The molecule has 0 bridgehead atoms. The van der Waals surface area contributed by atoms with Gasteiger partial charge in [-0.05, 0) is 67.0 Å². The second-order valence-electron chi connectivity index (χ2n) is 10.6. The lowest BCUT2D eigenvalue weighted by Crippen LogP contribution is -2.44. The monoisotopic (exact) mass is 459 g/mol. The molecule has 0 spiro atoms. The number of rotatable bonds is 4. The molecule has 1 fully saturated rings. The van der Waals surface area contributed by atoms with Gasteiger partial charge in [-0.2, -0.15) is 0 Å². The third kappa shape index (κ3) is 6.69. The summed E-state index contributed by atoms with van der Waals surface area (Å²) in [4.78, 5) is 27.9. The molecule has 4 heteroatoms. The zero-order chi connectivity index (χ0) is 25.0. The molecule has 0 atom stereocenters. The molecule has 4 nitrogen and oxygen atoms in total. The number of ether oxygens (including phenoxy) is 1. The van der Waals surface area contributed by atoms with E-state index in [1.54, 1.807) is 4.90 Å². The van der Waals surface area contributed by atoms with Gasteiger partial charge in [0.25, 0.3) is 0 Å². The number of hydrogen-bond acceptors (Lipinski definition) is 3. The summed E-state index contributed by atoms with van der Waals surface area (Å²) >= 11 is 0. The van der Waals surface area contributed by atoms with Crippen LogP contribution >= 0.6 is 0 Å².